The molecule has 2 rings (SSSR count). The second kappa shape index (κ2) is 5.17. The SMILES string of the molecule is CC1(C)CCCCC1NS(=O)(=O)c1ncccc1F. The van der Waals surface area contributed by atoms with Crippen molar-refractivity contribution >= 4 is 10.0 Å². The number of nitrogens with zero attached hydrogens (tertiary/aromatic N) is 1. The van der Waals surface area contributed by atoms with Crippen molar-refractivity contribution in [3.8, 4) is 0 Å². The molecular weight excluding hydrogens is 267 g/mol. The number of sulfonamides is 1. The van der Waals surface area contributed by atoms with E-state index in [1.807, 2.05) is 13.8 Å². The van der Waals surface area contributed by atoms with Crippen LogP contribution in [0.25, 0.3) is 0 Å². The topological polar surface area (TPSA) is 59.1 Å². The number of aromatic nitrogens is 1. The van der Waals surface area contributed by atoms with Gasteiger partial charge >= 0.3 is 0 Å². The monoisotopic (exact) mass is 286 g/mol. The van der Waals surface area contributed by atoms with Crippen molar-refractivity contribution in [3.05, 3.63) is 24.1 Å². The van der Waals surface area contributed by atoms with Gasteiger partial charge in [0.2, 0.25) is 5.03 Å². The molecule has 0 saturated heterocycles. The average molecular weight is 286 g/mol. The highest BCUT2D eigenvalue weighted by Gasteiger charge is 2.36. The molecule has 1 aromatic heterocycles. The number of pyridine rings is 1. The van der Waals surface area contributed by atoms with Crippen LogP contribution in [-0.2, 0) is 10.0 Å². The zero-order valence-electron chi connectivity index (χ0n) is 11.2. The van der Waals surface area contributed by atoms with Crippen LogP contribution in [0.2, 0.25) is 0 Å². The van der Waals surface area contributed by atoms with Gasteiger partial charge in [-0.2, -0.15) is 0 Å². The smallest absolute Gasteiger partial charge is 0.241 e. The molecule has 1 saturated carbocycles. The molecule has 1 aromatic rings. The van der Waals surface area contributed by atoms with Gasteiger partial charge in [0.05, 0.1) is 0 Å². The molecule has 106 valence electrons. The van der Waals surface area contributed by atoms with Crippen LogP contribution >= 0.6 is 0 Å². The molecule has 4 nitrogen and oxygen atoms in total. The van der Waals surface area contributed by atoms with E-state index in [1.165, 1.54) is 12.3 Å². The third kappa shape index (κ3) is 3.12. The third-order valence-electron chi connectivity index (χ3n) is 3.78. The van der Waals surface area contributed by atoms with E-state index in [-0.39, 0.29) is 11.5 Å². The van der Waals surface area contributed by atoms with Crippen LogP contribution in [-0.4, -0.2) is 19.4 Å². The Morgan fingerprint density at radius 1 is 1.42 bits per heavy atom. The summed E-state index contributed by atoms with van der Waals surface area (Å²) in [6.45, 7) is 4.07. The molecule has 1 atom stereocenters. The van der Waals surface area contributed by atoms with Crippen LogP contribution in [0.1, 0.15) is 39.5 Å². The summed E-state index contributed by atoms with van der Waals surface area (Å²) >= 11 is 0. The summed E-state index contributed by atoms with van der Waals surface area (Å²) in [7, 11) is -3.90. The highest BCUT2D eigenvalue weighted by atomic mass is 32.2. The number of rotatable bonds is 3. The molecule has 1 aliphatic rings. The maximum atomic E-state index is 13.6. The molecule has 1 heterocycles. The van der Waals surface area contributed by atoms with Crippen molar-refractivity contribution in [3.63, 3.8) is 0 Å². The van der Waals surface area contributed by atoms with Gasteiger partial charge in [0, 0.05) is 12.2 Å². The van der Waals surface area contributed by atoms with E-state index in [2.05, 4.69) is 9.71 Å². The molecule has 0 amide bonds. The zero-order valence-corrected chi connectivity index (χ0v) is 12.0. The van der Waals surface area contributed by atoms with Crippen molar-refractivity contribution in [2.75, 3.05) is 0 Å². The van der Waals surface area contributed by atoms with Crippen LogP contribution in [0, 0.1) is 11.2 Å². The lowest BCUT2D eigenvalue weighted by molar-refractivity contribution is 0.188. The normalized spacial score (nSPS) is 23.2. The Bertz CT molecular complexity index is 558. The van der Waals surface area contributed by atoms with Crippen LogP contribution in [0.3, 0.4) is 0 Å². The Morgan fingerprint density at radius 3 is 2.79 bits per heavy atom. The lowest BCUT2D eigenvalue weighted by Crippen LogP contribution is -2.47. The fourth-order valence-corrected chi connectivity index (χ4v) is 3.97. The molecule has 1 N–H and O–H groups in total. The fraction of sp³-hybridized carbons (Fsp3) is 0.615. The fourth-order valence-electron chi connectivity index (χ4n) is 2.52. The summed E-state index contributed by atoms with van der Waals surface area (Å²) in [6, 6.07) is 2.31. The van der Waals surface area contributed by atoms with E-state index in [1.54, 1.807) is 0 Å². The van der Waals surface area contributed by atoms with Crippen molar-refractivity contribution < 1.29 is 12.8 Å². The lowest BCUT2D eigenvalue weighted by Gasteiger charge is -2.38. The predicted octanol–water partition coefficient (Wildman–Crippen LogP) is 2.47. The van der Waals surface area contributed by atoms with Crippen LogP contribution in [0.5, 0.6) is 0 Å². The molecule has 0 aromatic carbocycles. The van der Waals surface area contributed by atoms with Crippen LogP contribution in [0.4, 0.5) is 4.39 Å². The van der Waals surface area contributed by atoms with E-state index in [0.717, 1.165) is 31.7 Å². The molecule has 1 fully saturated rings. The van der Waals surface area contributed by atoms with Gasteiger partial charge in [0.15, 0.2) is 5.82 Å². The second-order valence-corrected chi connectivity index (χ2v) is 7.33. The summed E-state index contributed by atoms with van der Waals surface area (Å²) < 4.78 is 40.6. The van der Waals surface area contributed by atoms with E-state index in [9.17, 15) is 12.8 Å². The predicted molar refractivity (Wildman–Crippen MR) is 70.6 cm³/mol. The molecular formula is C13H19FN2O2S. The number of hydrogen-bond acceptors (Lipinski definition) is 3. The molecule has 0 radical (unpaired) electrons. The van der Waals surface area contributed by atoms with Gasteiger partial charge in [-0.25, -0.2) is 22.5 Å². The lowest BCUT2D eigenvalue weighted by atomic mass is 9.74. The van der Waals surface area contributed by atoms with Crippen molar-refractivity contribution in [2.24, 2.45) is 5.41 Å². The Kier molecular flexibility index (Phi) is 3.92. The summed E-state index contributed by atoms with van der Waals surface area (Å²) in [6.07, 6.45) is 5.11. The van der Waals surface area contributed by atoms with Gasteiger partial charge in [0.1, 0.15) is 0 Å². The van der Waals surface area contributed by atoms with Gasteiger partial charge in [-0.1, -0.05) is 26.7 Å². The summed E-state index contributed by atoms with van der Waals surface area (Å²) in [5.74, 6) is -0.816. The van der Waals surface area contributed by atoms with E-state index in [0.29, 0.717) is 0 Å². The van der Waals surface area contributed by atoms with Crippen LogP contribution in [0.15, 0.2) is 23.4 Å². The molecule has 0 spiro atoms. The van der Waals surface area contributed by atoms with E-state index in [4.69, 9.17) is 0 Å². The molecule has 0 bridgehead atoms. The number of nitrogens with one attached hydrogen (secondary N) is 1. The van der Waals surface area contributed by atoms with Gasteiger partial charge in [-0.3, -0.25) is 0 Å². The molecule has 0 aliphatic heterocycles. The molecule has 6 heteroatoms. The number of hydrogen-bond donors (Lipinski definition) is 1. The minimum absolute atomic E-state index is 0.115. The third-order valence-corrected chi connectivity index (χ3v) is 5.19. The van der Waals surface area contributed by atoms with Gasteiger partial charge in [-0.05, 0) is 30.4 Å². The second-order valence-electron chi connectivity index (χ2n) is 5.70. The van der Waals surface area contributed by atoms with Gasteiger partial charge < -0.3 is 0 Å². The zero-order chi connectivity index (χ0) is 14.1. The van der Waals surface area contributed by atoms with Gasteiger partial charge in [-0.15, -0.1) is 0 Å². The first-order valence-corrected chi connectivity index (χ1v) is 7.94. The van der Waals surface area contributed by atoms with E-state index >= 15 is 0 Å². The first-order chi connectivity index (χ1) is 8.83. The van der Waals surface area contributed by atoms with Gasteiger partial charge in [0.25, 0.3) is 10.0 Å². The summed E-state index contributed by atoms with van der Waals surface area (Å²) in [5, 5.41) is -0.517. The maximum absolute atomic E-state index is 13.6. The molecule has 19 heavy (non-hydrogen) atoms. The number of halogens is 1. The Morgan fingerprint density at radius 2 is 2.16 bits per heavy atom. The Hall–Kier alpha value is -1.01. The summed E-state index contributed by atoms with van der Waals surface area (Å²) in [4.78, 5) is 3.64. The Labute approximate surface area is 113 Å². The highest BCUT2D eigenvalue weighted by Crippen LogP contribution is 2.36. The minimum Gasteiger partial charge on any atom is -0.241 e. The average Bonchev–Trinajstić information content (AvgIpc) is 2.32. The molecule has 1 aliphatic carbocycles. The largest absolute Gasteiger partial charge is 0.261 e. The van der Waals surface area contributed by atoms with Crippen molar-refractivity contribution in [1.82, 2.24) is 9.71 Å². The van der Waals surface area contributed by atoms with E-state index < -0.39 is 20.9 Å². The van der Waals surface area contributed by atoms with Crippen LogP contribution < -0.4 is 4.72 Å². The standard InChI is InChI=1S/C13H19FN2O2S/c1-13(2)8-4-3-7-11(13)16-19(17,18)12-10(14)6-5-9-15-12/h5-6,9,11,16H,3-4,7-8H2,1-2H3. The Balaban J connectivity index is 2.25. The highest BCUT2D eigenvalue weighted by molar-refractivity contribution is 7.89. The van der Waals surface area contributed by atoms with Crippen molar-refractivity contribution in [2.45, 2.75) is 50.6 Å². The molecule has 1 unspecified atom stereocenters. The maximum Gasteiger partial charge on any atom is 0.261 e. The quantitative estimate of drug-likeness (QED) is 0.928. The van der Waals surface area contributed by atoms with Crippen molar-refractivity contribution in [1.29, 1.82) is 0 Å². The summed E-state index contributed by atoms with van der Waals surface area (Å²) in [5.41, 5.74) is -0.115. The first kappa shape index (κ1) is 14.4. The first-order valence-electron chi connectivity index (χ1n) is 6.46. The minimum atomic E-state index is -3.90.